The summed E-state index contributed by atoms with van der Waals surface area (Å²) in [5.41, 5.74) is 2.88. The molecule has 0 amide bonds. The fourth-order valence-corrected chi connectivity index (χ4v) is 2.86. The lowest BCUT2D eigenvalue weighted by Gasteiger charge is -2.20. The zero-order chi connectivity index (χ0) is 10.8. The van der Waals surface area contributed by atoms with Gasteiger partial charge in [0.05, 0.1) is 0 Å². The largest absolute Gasteiger partial charge is 0.317 e. The third-order valence-corrected chi connectivity index (χ3v) is 3.93. The predicted molar refractivity (Wildman–Crippen MR) is 65.2 cm³/mol. The van der Waals surface area contributed by atoms with Crippen molar-refractivity contribution in [3.05, 3.63) is 35.4 Å². The number of benzene rings is 1. The molecule has 1 aliphatic rings. The van der Waals surface area contributed by atoms with Gasteiger partial charge in [0.2, 0.25) is 0 Å². The van der Waals surface area contributed by atoms with Gasteiger partial charge >= 0.3 is 0 Å². The normalized spacial score (nSPS) is 30.7. The molecule has 1 fully saturated rings. The molecule has 0 bridgehead atoms. The summed E-state index contributed by atoms with van der Waals surface area (Å²) in [5, 5.41) is 3.42. The average Bonchev–Trinajstić information content (AvgIpc) is 2.61. The molecule has 0 heterocycles. The van der Waals surface area contributed by atoms with Gasteiger partial charge in [-0.05, 0) is 44.2 Å². The van der Waals surface area contributed by atoms with E-state index in [4.69, 9.17) is 0 Å². The second kappa shape index (κ2) is 4.36. The topological polar surface area (TPSA) is 12.0 Å². The first-order valence-corrected chi connectivity index (χ1v) is 5.96. The van der Waals surface area contributed by atoms with Gasteiger partial charge in [-0.3, -0.25) is 0 Å². The van der Waals surface area contributed by atoms with Crippen LogP contribution in [0.15, 0.2) is 24.3 Å². The summed E-state index contributed by atoms with van der Waals surface area (Å²) in [5.74, 6) is 1.51. The molecule has 0 saturated heterocycles. The van der Waals surface area contributed by atoms with Crippen molar-refractivity contribution in [3.63, 3.8) is 0 Å². The van der Waals surface area contributed by atoms with Crippen molar-refractivity contribution in [3.8, 4) is 0 Å². The molecule has 1 nitrogen and oxygen atoms in total. The maximum atomic E-state index is 3.42. The highest BCUT2D eigenvalue weighted by atomic mass is 14.9. The van der Waals surface area contributed by atoms with Gasteiger partial charge in [-0.15, -0.1) is 0 Å². The highest BCUT2D eigenvalue weighted by Gasteiger charge is 2.32. The molecule has 0 spiro atoms. The lowest BCUT2D eigenvalue weighted by atomic mass is 9.88. The van der Waals surface area contributed by atoms with E-state index in [1.807, 2.05) is 0 Å². The van der Waals surface area contributed by atoms with Crippen LogP contribution in [0.3, 0.4) is 0 Å². The van der Waals surface area contributed by atoms with Crippen LogP contribution < -0.4 is 5.32 Å². The summed E-state index contributed by atoms with van der Waals surface area (Å²) in [7, 11) is 2.08. The first-order valence-electron chi connectivity index (χ1n) is 5.96. The Bertz CT molecular complexity index is 315. The van der Waals surface area contributed by atoms with E-state index in [0.29, 0.717) is 6.04 Å². The monoisotopic (exact) mass is 203 g/mol. The fourth-order valence-electron chi connectivity index (χ4n) is 2.86. The fraction of sp³-hybridized carbons (Fsp3) is 0.571. The molecule has 1 aliphatic carbocycles. The standard InChI is InChI=1S/C14H21N/c1-10-4-6-12(7-5-10)13-8-9-14(15-3)11(13)2/h4-7,11,13-15H,8-9H2,1-3H3. The molecule has 82 valence electrons. The maximum Gasteiger partial charge on any atom is 0.00957 e. The minimum atomic E-state index is 0.705. The molecule has 15 heavy (non-hydrogen) atoms. The zero-order valence-corrected chi connectivity index (χ0v) is 9.96. The molecule has 3 atom stereocenters. The van der Waals surface area contributed by atoms with Crippen molar-refractivity contribution >= 4 is 0 Å². The SMILES string of the molecule is CNC1CCC(c2ccc(C)cc2)C1C. The summed E-state index contributed by atoms with van der Waals surface area (Å²) >= 11 is 0. The van der Waals surface area contributed by atoms with Crippen molar-refractivity contribution in [1.82, 2.24) is 5.32 Å². The third kappa shape index (κ3) is 2.07. The van der Waals surface area contributed by atoms with Crippen molar-refractivity contribution in [2.45, 2.75) is 38.6 Å². The van der Waals surface area contributed by atoms with E-state index in [-0.39, 0.29) is 0 Å². The number of aryl methyl sites for hydroxylation is 1. The Labute approximate surface area is 92.9 Å². The molecule has 1 heteroatoms. The first-order chi connectivity index (χ1) is 7.22. The van der Waals surface area contributed by atoms with Crippen molar-refractivity contribution < 1.29 is 0 Å². The molecule has 1 aromatic carbocycles. The smallest absolute Gasteiger partial charge is 0.00957 e. The van der Waals surface area contributed by atoms with Crippen LogP contribution in [0.4, 0.5) is 0 Å². The Kier molecular flexibility index (Phi) is 3.11. The average molecular weight is 203 g/mol. The Morgan fingerprint density at radius 3 is 2.33 bits per heavy atom. The number of hydrogen-bond donors (Lipinski definition) is 1. The molecule has 3 unspecified atom stereocenters. The van der Waals surface area contributed by atoms with Gasteiger partial charge < -0.3 is 5.32 Å². The second-order valence-electron chi connectivity index (χ2n) is 4.85. The van der Waals surface area contributed by atoms with E-state index in [1.54, 1.807) is 0 Å². The molecule has 0 aromatic heterocycles. The lowest BCUT2D eigenvalue weighted by Crippen LogP contribution is -2.28. The van der Waals surface area contributed by atoms with Gasteiger partial charge in [0, 0.05) is 6.04 Å². The van der Waals surface area contributed by atoms with E-state index in [2.05, 4.69) is 50.5 Å². The predicted octanol–water partition coefficient (Wildman–Crippen LogP) is 3.10. The maximum absolute atomic E-state index is 3.42. The molecule has 1 saturated carbocycles. The van der Waals surface area contributed by atoms with Crippen molar-refractivity contribution in [1.29, 1.82) is 0 Å². The van der Waals surface area contributed by atoms with Gasteiger partial charge in [0.1, 0.15) is 0 Å². The van der Waals surface area contributed by atoms with Crippen LogP contribution in [-0.2, 0) is 0 Å². The first kappa shape index (κ1) is 10.7. The van der Waals surface area contributed by atoms with Gasteiger partial charge in [0.15, 0.2) is 0 Å². The van der Waals surface area contributed by atoms with Crippen LogP contribution in [0.25, 0.3) is 0 Å². The molecule has 0 aliphatic heterocycles. The van der Waals surface area contributed by atoms with Crippen LogP contribution in [0.1, 0.15) is 36.8 Å². The highest BCUT2D eigenvalue weighted by Crippen LogP contribution is 2.39. The quantitative estimate of drug-likeness (QED) is 0.779. The van der Waals surface area contributed by atoms with Gasteiger partial charge in [-0.2, -0.15) is 0 Å². The van der Waals surface area contributed by atoms with Crippen LogP contribution in [0.5, 0.6) is 0 Å². The number of hydrogen-bond acceptors (Lipinski definition) is 1. The summed E-state index contributed by atoms with van der Waals surface area (Å²) < 4.78 is 0. The van der Waals surface area contributed by atoms with Gasteiger partial charge in [0.25, 0.3) is 0 Å². The molecule has 2 rings (SSSR count). The molecule has 1 aromatic rings. The van der Waals surface area contributed by atoms with Crippen LogP contribution in [-0.4, -0.2) is 13.1 Å². The Morgan fingerprint density at radius 1 is 1.13 bits per heavy atom. The van der Waals surface area contributed by atoms with Gasteiger partial charge in [-0.1, -0.05) is 36.8 Å². The molecule has 0 radical (unpaired) electrons. The summed E-state index contributed by atoms with van der Waals surface area (Å²) in [6.45, 7) is 4.52. The third-order valence-electron chi connectivity index (χ3n) is 3.93. The van der Waals surface area contributed by atoms with E-state index in [0.717, 1.165) is 11.8 Å². The van der Waals surface area contributed by atoms with Crippen molar-refractivity contribution in [2.75, 3.05) is 7.05 Å². The minimum Gasteiger partial charge on any atom is -0.317 e. The molecular formula is C14H21N. The molecule has 1 N–H and O–H groups in total. The summed E-state index contributed by atoms with van der Waals surface area (Å²) in [6, 6.07) is 9.77. The van der Waals surface area contributed by atoms with E-state index in [1.165, 1.54) is 24.0 Å². The highest BCUT2D eigenvalue weighted by molar-refractivity contribution is 5.26. The Balaban J connectivity index is 2.15. The minimum absolute atomic E-state index is 0.705. The van der Waals surface area contributed by atoms with E-state index in [9.17, 15) is 0 Å². The summed E-state index contributed by atoms with van der Waals surface area (Å²) in [6.07, 6.45) is 2.64. The number of rotatable bonds is 2. The van der Waals surface area contributed by atoms with Crippen LogP contribution in [0.2, 0.25) is 0 Å². The van der Waals surface area contributed by atoms with Gasteiger partial charge in [-0.25, -0.2) is 0 Å². The van der Waals surface area contributed by atoms with Crippen molar-refractivity contribution in [2.24, 2.45) is 5.92 Å². The van der Waals surface area contributed by atoms with E-state index < -0.39 is 0 Å². The second-order valence-corrected chi connectivity index (χ2v) is 4.85. The lowest BCUT2D eigenvalue weighted by molar-refractivity contribution is 0.429. The summed E-state index contributed by atoms with van der Waals surface area (Å²) in [4.78, 5) is 0. The Hall–Kier alpha value is -0.820. The Morgan fingerprint density at radius 2 is 1.80 bits per heavy atom. The van der Waals surface area contributed by atoms with Crippen LogP contribution >= 0.6 is 0 Å². The van der Waals surface area contributed by atoms with Crippen LogP contribution in [0, 0.1) is 12.8 Å². The van der Waals surface area contributed by atoms with E-state index >= 15 is 0 Å². The zero-order valence-electron chi connectivity index (χ0n) is 9.96. The molecular weight excluding hydrogens is 182 g/mol. The number of nitrogens with one attached hydrogen (secondary N) is 1.